The second-order valence-corrected chi connectivity index (χ2v) is 7.71. The summed E-state index contributed by atoms with van der Waals surface area (Å²) < 4.78 is 86.3. The third kappa shape index (κ3) is 6.13. The Hall–Kier alpha value is -2.79. The average molecular weight is 473 g/mol. The Morgan fingerprint density at radius 3 is 2.50 bits per heavy atom. The molecule has 11 heteroatoms. The molecular weight excluding hydrogens is 456 g/mol. The monoisotopic (exact) mass is 473 g/mol. The molecule has 0 bridgehead atoms. The van der Waals surface area contributed by atoms with E-state index in [0.29, 0.717) is 29.7 Å². The van der Waals surface area contributed by atoms with Gasteiger partial charge < -0.3 is 10.1 Å². The second-order valence-electron chi connectivity index (χ2n) is 6.60. The lowest BCUT2D eigenvalue weighted by molar-refractivity contribution is -0.137. The van der Waals surface area contributed by atoms with Crippen LogP contribution in [0.2, 0.25) is 0 Å². The number of aromatic nitrogens is 2. The van der Waals surface area contributed by atoms with Crippen molar-refractivity contribution in [2.75, 3.05) is 24.8 Å². The van der Waals surface area contributed by atoms with E-state index in [1.165, 1.54) is 24.9 Å². The molecule has 0 spiro atoms. The highest BCUT2D eigenvalue weighted by Gasteiger charge is 2.31. The third-order valence-corrected chi connectivity index (χ3v) is 5.20. The van der Waals surface area contributed by atoms with E-state index in [2.05, 4.69) is 15.3 Å². The summed E-state index contributed by atoms with van der Waals surface area (Å²) in [6, 6.07) is 5.92. The zero-order valence-corrected chi connectivity index (χ0v) is 17.5. The van der Waals surface area contributed by atoms with Gasteiger partial charge in [-0.05, 0) is 35.9 Å². The van der Waals surface area contributed by atoms with Gasteiger partial charge in [0, 0.05) is 35.9 Å². The molecule has 3 aromatic rings. The molecule has 2 aromatic carbocycles. The van der Waals surface area contributed by atoms with Crippen LogP contribution in [0.15, 0.2) is 42.6 Å². The number of methoxy groups -OCH3 is 1. The molecule has 1 aromatic heterocycles. The molecule has 0 unspecified atom stereocenters. The van der Waals surface area contributed by atoms with Crippen molar-refractivity contribution in [3.8, 4) is 11.3 Å². The molecule has 0 aliphatic heterocycles. The fourth-order valence-corrected chi connectivity index (χ4v) is 3.60. The first-order valence-corrected chi connectivity index (χ1v) is 10.4. The highest BCUT2D eigenvalue weighted by molar-refractivity contribution is 7.98. The molecule has 0 atom stereocenters. The third-order valence-electron chi connectivity index (χ3n) is 4.21. The summed E-state index contributed by atoms with van der Waals surface area (Å²) in [6.07, 6.45) is -3.84. The summed E-state index contributed by atoms with van der Waals surface area (Å²) in [5.74, 6) is -2.20. The average Bonchev–Trinajstić information content (AvgIpc) is 2.72. The minimum absolute atomic E-state index is 0.0271. The number of hydrogen-bond donors (Lipinski definition) is 1. The first-order valence-electron chi connectivity index (χ1n) is 9.20. The van der Waals surface area contributed by atoms with Crippen LogP contribution >= 0.6 is 11.8 Å². The quantitative estimate of drug-likeness (QED) is 0.312. The normalized spacial score (nSPS) is 11.6. The van der Waals surface area contributed by atoms with Gasteiger partial charge in [-0.3, -0.25) is 0 Å². The van der Waals surface area contributed by atoms with Crippen molar-refractivity contribution in [2.24, 2.45) is 0 Å². The summed E-state index contributed by atoms with van der Waals surface area (Å²) in [5.41, 5.74) is -1.22. The van der Waals surface area contributed by atoms with Crippen LogP contribution in [0.5, 0.6) is 0 Å². The molecule has 0 amide bonds. The SMILES string of the molecule is COCCSCc1cc(Nc2ncc(F)c(-c3ccc(F)cc3F)n2)cc(C(F)(F)F)c1. The van der Waals surface area contributed by atoms with Crippen LogP contribution in [0.1, 0.15) is 11.1 Å². The smallest absolute Gasteiger partial charge is 0.384 e. The van der Waals surface area contributed by atoms with Crippen LogP contribution in [0.4, 0.5) is 38.0 Å². The van der Waals surface area contributed by atoms with Crippen LogP contribution < -0.4 is 5.32 Å². The largest absolute Gasteiger partial charge is 0.416 e. The van der Waals surface area contributed by atoms with Crippen LogP contribution in [0.25, 0.3) is 11.3 Å². The number of nitrogens with zero attached hydrogens (tertiary/aromatic N) is 2. The number of hydrogen-bond acceptors (Lipinski definition) is 5. The fraction of sp³-hybridized carbons (Fsp3) is 0.238. The number of alkyl halides is 3. The van der Waals surface area contributed by atoms with E-state index >= 15 is 0 Å². The molecule has 1 N–H and O–H groups in total. The van der Waals surface area contributed by atoms with Crippen molar-refractivity contribution in [1.82, 2.24) is 9.97 Å². The number of rotatable bonds is 8. The second kappa shape index (κ2) is 10.2. The molecule has 4 nitrogen and oxygen atoms in total. The molecule has 0 fully saturated rings. The van der Waals surface area contributed by atoms with Crippen molar-refractivity contribution in [2.45, 2.75) is 11.9 Å². The maximum atomic E-state index is 14.2. The Kier molecular flexibility index (Phi) is 7.62. The predicted octanol–water partition coefficient (Wildman–Crippen LogP) is 6.20. The van der Waals surface area contributed by atoms with Gasteiger partial charge in [0.05, 0.1) is 18.4 Å². The maximum Gasteiger partial charge on any atom is 0.416 e. The van der Waals surface area contributed by atoms with Crippen molar-refractivity contribution in [1.29, 1.82) is 0 Å². The molecule has 32 heavy (non-hydrogen) atoms. The van der Waals surface area contributed by atoms with E-state index in [0.717, 1.165) is 30.5 Å². The van der Waals surface area contributed by atoms with Crippen LogP contribution in [0, 0.1) is 17.5 Å². The Morgan fingerprint density at radius 2 is 1.81 bits per heavy atom. The van der Waals surface area contributed by atoms with E-state index < -0.39 is 34.9 Å². The van der Waals surface area contributed by atoms with Gasteiger partial charge in [0.15, 0.2) is 5.82 Å². The summed E-state index contributed by atoms with van der Waals surface area (Å²) in [6.45, 7) is 0.459. The van der Waals surface area contributed by atoms with Gasteiger partial charge in [-0.25, -0.2) is 23.1 Å². The lowest BCUT2D eigenvalue weighted by atomic mass is 10.1. The van der Waals surface area contributed by atoms with Gasteiger partial charge in [0.25, 0.3) is 0 Å². The summed E-state index contributed by atoms with van der Waals surface area (Å²) in [4.78, 5) is 7.59. The van der Waals surface area contributed by atoms with E-state index in [4.69, 9.17) is 4.74 Å². The molecular formula is C21H17F6N3OS. The highest BCUT2D eigenvalue weighted by atomic mass is 32.2. The maximum absolute atomic E-state index is 14.2. The van der Waals surface area contributed by atoms with Gasteiger partial charge in [-0.1, -0.05) is 0 Å². The number of thioether (sulfide) groups is 1. The predicted molar refractivity (Wildman–Crippen MR) is 110 cm³/mol. The number of benzene rings is 2. The van der Waals surface area contributed by atoms with Gasteiger partial charge >= 0.3 is 6.18 Å². The van der Waals surface area contributed by atoms with E-state index in [1.54, 1.807) is 0 Å². The number of ether oxygens (including phenoxy) is 1. The number of nitrogens with one attached hydrogen (secondary N) is 1. The Balaban J connectivity index is 1.92. The Morgan fingerprint density at radius 1 is 1.03 bits per heavy atom. The van der Waals surface area contributed by atoms with Crippen LogP contribution in [-0.4, -0.2) is 29.4 Å². The number of halogens is 6. The molecule has 0 aliphatic rings. The molecule has 0 radical (unpaired) electrons. The Labute approximate surface area is 184 Å². The van der Waals surface area contributed by atoms with Gasteiger partial charge in [0.2, 0.25) is 5.95 Å². The zero-order chi connectivity index (χ0) is 23.3. The molecule has 170 valence electrons. The standard InChI is InChI=1S/C21H17F6N3OS/c1-31-4-5-32-11-12-6-13(21(25,26)27)8-15(7-12)29-20-28-10-18(24)19(30-20)16-3-2-14(22)9-17(16)23/h2-3,6-10H,4-5,11H2,1H3,(H,28,29,30). The summed E-state index contributed by atoms with van der Waals surface area (Å²) in [7, 11) is 1.53. The van der Waals surface area contributed by atoms with E-state index in [1.807, 2.05) is 0 Å². The minimum Gasteiger partial charge on any atom is -0.384 e. The van der Waals surface area contributed by atoms with Gasteiger partial charge in [-0.15, -0.1) is 0 Å². The van der Waals surface area contributed by atoms with Crippen molar-refractivity contribution in [3.05, 3.63) is 71.2 Å². The van der Waals surface area contributed by atoms with Crippen LogP contribution in [-0.2, 0) is 16.7 Å². The van der Waals surface area contributed by atoms with Crippen molar-refractivity contribution in [3.63, 3.8) is 0 Å². The lowest BCUT2D eigenvalue weighted by Crippen LogP contribution is -2.08. The van der Waals surface area contributed by atoms with Crippen molar-refractivity contribution >= 4 is 23.4 Å². The molecule has 0 saturated heterocycles. The van der Waals surface area contributed by atoms with Gasteiger partial charge in [-0.2, -0.15) is 24.9 Å². The first-order chi connectivity index (χ1) is 15.2. The molecule has 3 rings (SSSR count). The molecule has 0 saturated carbocycles. The Bertz CT molecular complexity index is 1090. The first kappa shape index (κ1) is 23.9. The van der Waals surface area contributed by atoms with E-state index in [9.17, 15) is 26.3 Å². The van der Waals surface area contributed by atoms with Crippen LogP contribution in [0.3, 0.4) is 0 Å². The van der Waals surface area contributed by atoms with Crippen molar-refractivity contribution < 1.29 is 31.1 Å². The molecule has 1 heterocycles. The number of anilines is 2. The van der Waals surface area contributed by atoms with Gasteiger partial charge in [0.1, 0.15) is 17.3 Å². The topological polar surface area (TPSA) is 47.0 Å². The summed E-state index contributed by atoms with van der Waals surface area (Å²) >= 11 is 1.40. The minimum atomic E-state index is -4.59. The lowest BCUT2D eigenvalue weighted by Gasteiger charge is -2.14. The zero-order valence-electron chi connectivity index (χ0n) is 16.6. The van der Waals surface area contributed by atoms with E-state index in [-0.39, 0.29) is 17.2 Å². The highest BCUT2D eigenvalue weighted by Crippen LogP contribution is 2.34. The molecule has 0 aliphatic carbocycles. The summed E-state index contributed by atoms with van der Waals surface area (Å²) in [5, 5.41) is 2.61. The fourth-order valence-electron chi connectivity index (χ4n) is 2.77.